The van der Waals surface area contributed by atoms with Crippen LogP contribution in [0, 0.1) is 0 Å². The molecule has 5 N–H and O–H groups in total. The van der Waals surface area contributed by atoms with E-state index in [0.29, 0.717) is 0 Å². The number of nitrogens with one attached hydrogen (secondary N) is 1. The first kappa shape index (κ1) is 8.70. The van der Waals surface area contributed by atoms with Gasteiger partial charge in [-0.05, 0) is 0 Å². The van der Waals surface area contributed by atoms with Crippen molar-refractivity contribution >= 4 is 12.0 Å². The van der Waals surface area contributed by atoms with Crippen LogP contribution in [0.5, 0.6) is 0 Å². The van der Waals surface area contributed by atoms with Gasteiger partial charge in [-0.25, -0.2) is 9.59 Å². The van der Waals surface area contributed by atoms with E-state index in [4.69, 9.17) is 10.2 Å². The Morgan fingerprint density at radius 3 is 2.40 bits per heavy atom. The number of aliphatic hydroxyl groups is 1. The highest BCUT2D eigenvalue weighted by Crippen LogP contribution is 1.77. The van der Waals surface area contributed by atoms with E-state index in [1.54, 1.807) is 0 Å². The van der Waals surface area contributed by atoms with Crippen molar-refractivity contribution in [1.29, 1.82) is 0 Å². The average Bonchev–Trinajstić information content (AvgIpc) is 1.82. The number of carbonyl (C=O) groups excluding carboxylic acids is 1. The fourth-order valence-electron chi connectivity index (χ4n) is 0.285. The molecule has 0 unspecified atom stereocenters. The molecule has 6 heteroatoms. The van der Waals surface area contributed by atoms with Gasteiger partial charge in [0.1, 0.15) is 0 Å². The third-order valence-corrected chi connectivity index (χ3v) is 0.755. The Balaban J connectivity index is 3.49. The van der Waals surface area contributed by atoms with E-state index < -0.39 is 18.1 Å². The van der Waals surface area contributed by atoms with Gasteiger partial charge in [-0.15, -0.1) is 0 Å². The lowest BCUT2D eigenvalue weighted by molar-refractivity contribution is -0.146. The SMILES string of the molecule is NC(=O)NC[C@H](O)C(=O)O. The van der Waals surface area contributed by atoms with Crippen LogP contribution in [0.1, 0.15) is 0 Å². The summed E-state index contributed by atoms with van der Waals surface area (Å²) in [5.41, 5.74) is 4.59. The Morgan fingerprint density at radius 2 is 2.10 bits per heavy atom. The molecule has 0 saturated carbocycles. The molecule has 2 amide bonds. The zero-order valence-electron chi connectivity index (χ0n) is 5.07. The Labute approximate surface area is 56.6 Å². The molecule has 0 aliphatic heterocycles. The minimum Gasteiger partial charge on any atom is -0.479 e. The van der Waals surface area contributed by atoms with E-state index in [0.717, 1.165) is 0 Å². The molecule has 10 heavy (non-hydrogen) atoms. The Bertz CT molecular complexity index is 146. The van der Waals surface area contributed by atoms with Gasteiger partial charge in [-0.3, -0.25) is 0 Å². The predicted molar refractivity (Wildman–Crippen MR) is 31.2 cm³/mol. The number of hydrogen-bond acceptors (Lipinski definition) is 3. The van der Waals surface area contributed by atoms with Gasteiger partial charge >= 0.3 is 12.0 Å². The van der Waals surface area contributed by atoms with Gasteiger partial charge in [0.25, 0.3) is 0 Å². The van der Waals surface area contributed by atoms with Crippen molar-refractivity contribution in [3.05, 3.63) is 0 Å². The number of aliphatic hydroxyl groups excluding tert-OH is 1. The number of carboxylic acids is 1. The number of carboxylic acid groups (broad SMARTS) is 1. The summed E-state index contributed by atoms with van der Waals surface area (Å²) in [5.74, 6) is -1.39. The number of hydrogen-bond donors (Lipinski definition) is 4. The molecular weight excluding hydrogens is 140 g/mol. The third kappa shape index (κ3) is 3.67. The Hall–Kier alpha value is -1.30. The second-order valence-electron chi connectivity index (χ2n) is 1.60. The predicted octanol–water partition coefficient (Wildman–Crippen LogP) is -1.90. The van der Waals surface area contributed by atoms with Gasteiger partial charge < -0.3 is 21.3 Å². The van der Waals surface area contributed by atoms with Crippen LogP contribution >= 0.6 is 0 Å². The molecule has 0 fully saturated rings. The third-order valence-electron chi connectivity index (χ3n) is 0.755. The van der Waals surface area contributed by atoms with Crippen molar-refractivity contribution in [2.45, 2.75) is 6.10 Å². The normalized spacial score (nSPS) is 12.1. The Kier molecular flexibility index (Phi) is 3.20. The lowest BCUT2D eigenvalue weighted by Crippen LogP contribution is -2.39. The number of carbonyl (C=O) groups is 2. The maximum absolute atomic E-state index is 9.93. The molecule has 0 bridgehead atoms. The van der Waals surface area contributed by atoms with Gasteiger partial charge in [0.05, 0.1) is 6.54 Å². The molecule has 0 heterocycles. The first-order valence-corrected chi connectivity index (χ1v) is 2.48. The number of nitrogens with two attached hydrogens (primary N) is 1. The van der Waals surface area contributed by atoms with Gasteiger partial charge in [-0.2, -0.15) is 0 Å². The number of aliphatic carboxylic acids is 1. The van der Waals surface area contributed by atoms with Crippen LogP contribution in [0.4, 0.5) is 4.79 Å². The highest BCUT2D eigenvalue weighted by Gasteiger charge is 2.12. The average molecular weight is 148 g/mol. The standard InChI is InChI=1S/C4H8N2O4/c5-4(10)6-1-2(7)3(8)9/h2,7H,1H2,(H,8,9)(H3,5,6,10)/t2-/m0/s1. The van der Waals surface area contributed by atoms with Gasteiger partial charge in [0, 0.05) is 0 Å². The summed E-state index contributed by atoms with van der Waals surface area (Å²) in [6, 6.07) is -0.861. The smallest absolute Gasteiger partial charge is 0.334 e. The van der Waals surface area contributed by atoms with E-state index in [9.17, 15) is 9.59 Å². The second-order valence-corrected chi connectivity index (χ2v) is 1.60. The second kappa shape index (κ2) is 3.67. The van der Waals surface area contributed by atoms with E-state index in [1.807, 2.05) is 5.32 Å². The fourth-order valence-corrected chi connectivity index (χ4v) is 0.285. The molecule has 0 aromatic heterocycles. The lowest BCUT2D eigenvalue weighted by atomic mass is 10.4. The molecule has 0 radical (unpaired) electrons. The molecule has 6 nitrogen and oxygen atoms in total. The summed E-state index contributed by atoms with van der Waals surface area (Å²) < 4.78 is 0. The van der Waals surface area contributed by atoms with Crippen LogP contribution in [-0.4, -0.2) is 34.9 Å². The maximum atomic E-state index is 9.93. The lowest BCUT2D eigenvalue weighted by Gasteiger charge is -2.03. The molecule has 0 rings (SSSR count). The van der Waals surface area contributed by atoms with E-state index in [-0.39, 0.29) is 6.54 Å². The van der Waals surface area contributed by atoms with Crippen molar-refractivity contribution in [2.75, 3.05) is 6.54 Å². The van der Waals surface area contributed by atoms with Crippen LogP contribution in [-0.2, 0) is 4.79 Å². The number of rotatable bonds is 3. The van der Waals surface area contributed by atoms with Crippen molar-refractivity contribution in [3.63, 3.8) is 0 Å². The molecule has 0 aliphatic rings. The zero-order valence-corrected chi connectivity index (χ0v) is 5.07. The van der Waals surface area contributed by atoms with E-state index in [2.05, 4.69) is 5.73 Å². The molecule has 0 aromatic carbocycles. The largest absolute Gasteiger partial charge is 0.479 e. The summed E-state index contributed by atoms with van der Waals surface area (Å²) in [7, 11) is 0. The summed E-state index contributed by atoms with van der Waals surface area (Å²) in [4.78, 5) is 19.8. The van der Waals surface area contributed by atoms with Crippen LogP contribution < -0.4 is 11.1 Å². The molecule has 0 aromatic rings. The number of primary amides is 1. The van der Waals surface area contributed by atoms with E-state index in [1.165, 1.54) is 0 Å². The zero-order chi connectivity index (χ0) is 8.15. The first-order valence-electron chi connectivity index (χ1n) is 2.48. The van der Waals surface area contributed by atoms with Crippen molar-refractivity contribution in [2.24, 2.45) is 5.73 Å². The molecule has 1 atom stereocenters. The van der Waals surface area contributed by atoms with Crippen molar-refractivity contribution < 1.29 is 19.8 Å². The first-order chi connectivity index (χ1) is 4.54. The summed E-state index contributed by atoms with van der Waals surface area (Å²) in [5, 5.41) is 18.5. The number of amides is 2. The highest BCUT2D eigenvalue weighted by atomic mass is 16.4. The Morgan fingerprint density at radius 1 is 1.60 bits per heavy atom. The van der Waals surface area contributed by atoms with Crippen LogP contribution in [0.15, 0.2) is 0 Å². The molecule has 0 spiro atoms. The summed E-state index contributed by atoms with van der Waals surface area (Å²) >= 11 is 0. The van der Waals surface area contributed by atoms with Gasteiger partial charge in [0.15, 0.2) is 6.10 Å². The highest BCUT2D eigenvalue weighted by molar-refractivity contribution is 5.75. The maximum Gasteiger partial charge on any atom is 0.334 e. The van der Waals surface area contributed by atoms with Crippen LogP contribution in [0.3, 0.4) is 0 Å². The monoisotopic (exact) mass is 148 g/mol. The van der Waals surface area contributed by atoms with Gasteiger partial charge in [-0.1, -0.05) is 0 Å². The molecule has 0 aliphatic carbocycles. The summed E-state index contributed by atoms with van der Waals surface area (Å²) in [6.45, 7) is -0.370. The fraction of sp³-hybridized carbons (Fsp3) is 0.500. The topological polar surface area (TPSA) is 113 Å². The van der Waals surface area contributed by atoms with Crippen molar-refractivity contribution in [3.8, 4) is 0 Å². The van der Waals surface area contributed by atoms with Crippen molar-refractivity contribution in [1.82, 2.24) is 5.32 Å². The van der Waals surface area contributed by atoms with Crippen LogP contribution in [0.25, 0.3) is 0 Å². The molecular formula is C4H8N2O4. The number of urea groups is 1. The minimum atomic E-state index is -1.59. The molecule has 58 valence electrons. The molecule has 0 saturated heterocycles. The quantitative estimate of drug-likeness (QED) is 0.374. The minimum absolute atomic E-state index is 0.370. The van der Waals surface area contributed by atoms with Gasteiger partial charge in [0.2, 0.25) is 0 Å². The summed E-state index contributed by atoms with van der Waals surface area (Å²) in [6.07, 6.45) is -1.59. The van der Waals surface area contributed by atoms with E-state index >= 15 is 0 Å². The van der Waals surface area contributed by atoms with Crippen LogP contribution in [0.2, 0.25) is 0 Å².